The van der Waals surface area contributed by atoms with Crippen molar-refractivity contribution < 1.29 is 4.79 Å². The zero-order valence-electron chi connectivity index (χ0n) is 6.63. The van der Waals surface area contributed by atoms with Gasteiger partial charge in [0.15, 0.2) is 0 Å². The van der Waals surface area contributed by atoms with Crippen molar-refractivity contribution in [3.63, 3.8) is 0 Å². The Balaban J connectivity index is 3.74. The summed E-state index contributed by atoms with van der Waals surface area (Å²) in [5.74, 6) is 0. The molecule has 0 radical (unpaired) electrons. The lowest BCUT2D eigenvalue weighted by atomic mass is 10.2. The second kappa shape index (κ2) is 6.27. The second-order valence-corrected chi connectivity index (χ2v) is 2.10. The van der Waals surface area contributed by atoms with Crippen LogP contribution in [0.1, 0.15) is 26.7 Å². The van der Waals surface area contributed by atoms with Gasteiger partial charge in [0, 0.05) is 5.57 Å². The molecule has 0 aromatic carbocycles. The highest BCUT2D eigenvalue weighted by molar-refractivity contribution is 5.77. The Morgan fingerprint density at radius 3 is 2.60 bits per heavy atom. The van der Waals surface area contributed by atoms with E-state index in [0.717, 1.165) is 24.7 Å². The van der Waals surface area contributed by atoms with E-state index in [1.165, 1.54) is 0 Å². The van der Waals surface area contributed by atoms with Gasteiger partial charge >= 0.3 is 0 Å². The minimum Gasteiger partial charge on any atom is -0.298 e. The lowest BCUT2D eigenvalue weighted by Gasteiger charge is -1.85. The van der Waals surface area contributed by atoms with Crippen LogP contribution in [0.4, 0.5) is 0 Å². The minimum atomic E-state index is 0.758. The summed E-state index contributed by atoms with van der Waals surface area (Å²) >= 11 is 0. The van der Waals surface area contributed by atoms with Crippen molar-refractivity contribution in [2.24, 2.45) is 0 Å². The fourth-order valence-electron chi connectivity index (χ4n) is 0.590. The van der Waals surface area contributed by atoms with Crippen molar-refractivity contribution >= 4 is 6.29 Å². The first-order valence-electron chi connectivity index (χ1n) is 3.63. The Kier molecular flexibility index (Phi) is 5.74. The predicted octanol–water partition coefficient (Wildman–Crippen LogP) is 2.49. The molecule has 0 saturated carbocycles. The molecule has 1 heteroatoms. The smallest absolute Gasteiger partial charge is 0.149 e. The van der Waals surface area contributed by atoms with E-state index in [0.29, 0.717) is 0 Å². The average molecular weight is 138 g/mol. The van der Waals surface area contributed by atoms with Gasteiger partial charge in [-0.3, -0.25) is 4.79 Å². The highest BCUT2D eigenvalue weighted by Gasteiger charge is 1.82. The van der Waals surface area contributed by atoms with E-state index in [1.54, 1.807) is 6.08 Å². The summed E-state index contributed by atoms with van der Waals surface area (Å²) in [6.45, 7) is 3.97. The molecule has 56 valence electrons. The first-order chi connectivity index (χ1) is 4.85. The third kappa shape index (κ3) is 4.07. The number of hydrogen-bond acceptors (Lipinski definition) is 1. The number of rotatable bonds is 4. The topological polar surface area (TPSA) is 17.1 Å². The number of carbonyl (C=O) groups excluding carboxylic acids is 1. The Labute approximate surface area is 62.4 Å². The molecular formula is C9H14O. The van der Waals surface area contributed by atoms with E-state index >= 15 is 0 Å². The molecule has 0 amide bonds. The first-order valence-corrected chi connectivity index (χ1v) is 3.63. The molecule has 0 rings (SSSR count). The largest absolute Gasteiger partial charge is 0.298 e. The lowest BCUT2D eigenvalue weighted by Crippen LogP contribution is -1.76. The fourth-order valence-corrected chi connectivity index (χ4v) is 0.590. The van der Waals surface area contributed by atoms with E-state index in [1.807, 2.05) is 19.1 Å². The number of carbonyl (C=O) groups is 1. The molecular weight excluding hydrogens is 124 g/mol. The van der Waals surface area contributed by atoms with Crippen molar-refractivity contribution in [3.8, 4) is 0 Å². The van der Waals surface area contributed by atoms with Crippen molar-refractivity contribution in [2.75, 3.05) is 0 Å². The molecule has 0 aliphatic rings. The first kappa shape index (κ1) is 9.15. The summed E-state index contributed by atoms with van der Waals surface area (Å²) < 4.78 is 0. The molecule has 0 atom stereocenters. The summed E-state index contributed by atoms with van der Waals surface area (Å²) in [4.78, 5) is 10.2. The van der Waals surface area contributed by atoms with Gasteiger partial charge < -0.3 is 0 Å². The minimum absolute atomic E-state index is 0.758. The molecule has 0 aliphatic heterocycles. The SMILES string of the molecule is CC=C(C=O)C=CCCC. The van der Waals surface area contributed by atoms with E-state index in [2.05, 4.69) is 6.92 Å². The Morgan fingerprint density at radius 2 is 2.20 bits per heavy atom. The number of aldehydes is 1. The van der Waals surface area contributed by atoms with E-state index in [-0.39, 0.29) is 0 Å². The van der Waals surface area contributed by atoms with Crippen LogP contribution in [0.3, 0.4) is 0 Å². The van der Waals surface area contributed by atoms with Crippen LogP contribution < -0.4 is 0 Å². The molecule has 0 aromatic heterocycles. The van der Waals surface area contributed by atoms with Gasteiger partial charge in [0.25, 0.3) is 0 Å². The van der Waals surface area contributed by atoms with Crippen LogP contribution in [-0.2, 0) is 4.79 Å². The van der Waals surface area contributed by atoms with Crippen LogP contribution in [0.15, 0.2) is 23.8 Å². The number of hydrogen-bond donors (Lipinski definition) is 0. The summed E-state index contributed by atoms with van der Waals surface area (Å²) in [5.41, 5.74) is 0.758. The fraction of sp³-hybridized carbons (Fsp3) is 0.444. The third-order valence-corrected chi connectivity index (χ3v) is 1.24. The van der Waals surface area contributed by atoms with Gasteiger partial charge in [-0.05, 0) is 13.3 Å². The molecule has 0 N–H and O–H groups in total. The summed E-state index contributed by atoms with van der Waals surface area (Å²) in [6.07, 6.45) is 8.73. The van der Waals surface area contributed by atoms with E-state index < -0.39 is 0 Å². The van der Waals surface area contributed by atoms with E-state index in [9.17, 15) is 4.79 Å². The standard InChI is InChI=1S/C9H14O/c1-3-5-6-7-9(4-2)8-10/h4,6-8H,3,5H2,1-2H3. The maximum absolute atomic E-state index is 10.2. The summed E-state index contributed by atoms with van der Waals surface area (Å²) in [5, 5.41) is 0. The second-order valence-electron chi connectivity index (χ2n) is 2.10. The van der Waals surface area contributed by atoms with Crippen LogP contribution in [0.2, 0.25) is 0 Å². The van der Waals surface area contributed by atoms with Gasteiger partial charge in [0.1, 0.15) is 6.29 Å². The Morgan fingerprint density at radius 1 is 1.50 bits per heavy atom. The van der Waals surface area contributed by atoms with Gasteiger partial charge in [-0.1, -0.05) is 31.6 Å². The van der Waals surface area contributed by atoms with Crippen molar-refractivity contribution in [2.45, 2.75) is 26.7 Å². The van der Waals surface area contributed by atoms with Crippen molar-refractivity contribution in [1.82, 2.24) is 0 Å². The molecule has 0 aliphatic carbocycles. The van der Waals surface area contributed by atoms with Gasteiger partial charge in [0.05, 0.1) is 0 Å². The number of unbranched alkanes of at least 4 members (excludes halogenated alkanes) is 1. The van der Waals surface area contributed by atoms with Crippen LogP contribution >= 0.6 is 0 Å². The molecule has 0 unspecified atom stereocenters. The highest BCUT2D eigenvalue weighted by atomic mass is 16.1. The molecule has 0 saturated heterocycles. The highest BCUT2D eigenvalue weighted by Crippen LogP contribution is 1.95. The van der Waals surface area contributed by atoms with Crippen LogP contribution in [0, 0.1) is 0 Å². The van der Waals surface area contributed by atoms with Crippen molar-refractivity contribution in [1.29, 1.82) is 0 Å². The number of allylic oxidation sites excluding steroid dienone is 4. The summed E-state index contributed by atoms with van der Waals surface area (Å²) in [6, 6.07) is 0. The average Bonchev–Trinajstić information content (AvgIpc) is 1.99. The predicted molar refractivity (Wildman–Crippen MR) is 43.9 cm³/mol. The van der Waals surface area contributed by atoms with Crippen LogP contribution in [-0.4, -0.2) is 6.29 Å². The quantitative estimate of drug-likeness (QED) is 0.331. The molecule has 0 bridgehead atoms. The molecule has 10 heavy (non-hydrogen) atoms. The van der Waals surface area contributed by atoms with Gasteiger partial charge in [-0.2, -0.15) is 0 Å². The van der Waals surface area contributed by atoms with E-state index in [4.69, 9.17) is 0 Å². The zero-order valence-corrected chi connectivity index (χ0v) is 6.63. The molecule has 0 aromatic rings. The third-order valence-electron chi connectivity index (χ3n) is 1.24. The lowest BCUT2D eigenvalue weighted by molar-refractivity contribution is -0.104. The Hall–Kier alpha value is -0.850. The molecule has 1 nitrogen and oxygen atoms in total. The monoisotopic (exact) mass is 138 g/mol. The Bertz CT molecular complexity index is 143. The van der Waals surface area contributed by atoms with Gasteiger partial charge in [-0.15, -0.1) is 0 Å². The maximum atomic E-state index is 10.2. The maximum Gasteiger partial charge on any atom is 0.149 e. The van der Waals surface area contributed by atoms with Gasteiger partial charge in [0.2, 0.25) is 0 Å². The zero-order chi connectivity index (χ0) is 7.82. The molecule has 0 spiro atoms. The normalized spacial score (nSPS) is 12.4. The summed E-state index contributed by atoms with van der Waals surface area (Å²) in [7, 11) is 0. The van der Waals surface area contributed by atoms with Gasteiger partial charge in [-0.25, -0.2) is 0 Å². The van der Waals surface area contributed by atoms with Crippen LogP contribution in [0.5, 0.6) is 0 Å². The van der Waals surface area contributed by atoms with Crippen LogP contribution in [0.25, 0.3) is 0 Å². The molecule has 0 fully saturated rings. The van der Waals surface area contributed by atoms with Crippen molar-refractivity contribution in [3.05, 3.63) is 23.8 Å². The molecule has 0 heterocycles.